The van der Waals surface area contributed by atoms with Crippen LogP contribution in [0.3, 0.4) is 0 Å². The number of rotatable bonds is 2. The van der Waals surface area contributed by atoms with Gasteiger partial charge in [-0.05, 0) is 6.42 Å². The maximum absolute atomic E-state index is 11.5. The molecule has 2 N–H and O–H groups in total. The molecule has 0 aromatic carbocycles. The summed E-state index contributed by atoms with van der Waals surface area (Å²) < 4.78 is 1.45. The number of fused-ring (bicyclic) bond motifs is 1. The van der Waals surface area contributed by atoms with Crippen LogP contribution in [0.25, 0.3) is 0 Å². The summed E-state index contributed by atoms with van der Waals surface area (Å²) in [6.07, 6.45) is 0.799. The van der Waals surface area contributed by atoms with E-state index in [2.05, 4.69) is 10.4 Å². The van der Waals surface area contributed by atoms with Crippen LogP contribution in [0.1, 0.15) is 34.3 Å². The van der Waals surface area contributed by atoms with E-state index in [1.165, 1.54) is 10.7 Å². The molecular formula is C9H11N3O3. The van der Waals surface area contributed by atoms with Gasteiger partial charge in [0, 0.05) is 12.1 Å². The Kier molecular flexibility index (Phi) is 2.18. The molecule has 1 aliphatic heterocycles. The molecule has 6 heteroatoms. The van der Waals surface area contributed by atoms with E-state index in [1.807, 2.05) is 6.92 Å². The zero-order valence-corrected chi connectivity index (χ0v) is 8.23. The molecule has 80 valence electrons. The SMILES string of the molecule is CCC1Cn2nc(C(=O)O)cc2C(=O)N1. The lowest BCUT2D eigenvalue weighted by Gasteiger charge is -2.22. The normalized spacial score (nSPS) is 19.5. The van der Waals surface area contributed by atoms with Crippen LogP contribution in [0.2, 0.25) is 0 Å². The van der Waals surface area contributed by atoms with Gasteiger partial charge in [0.15, 0.2) is 5.69 Å². The number of hydrogen-bond acceptors (Lipinski definition) is 3. The second-order valence-corrected chi connectivity index (χ2v) is 3.48. The Hall–Kier alpha value is -1.85. The third-order valence-electron chi connectivity index (χ3n) is 2.45. The number of aromatic nitrogens is 2. The van der Waals surface area contributed by atoms with Crippen molar-refractivity contribution in [3.05, 3.63) is 17.5 Å². The van der Waals surface area contributed by atoms with Crippen molar-refractivity contribution < 1.29 is 14.7 Å². The molecule has 1 atom stereocenters. The van der Waals surface area contributed by atoms with Gasteiger partial charge in [-0.2, -0.15) is 5.10 Å². The maximum Gasteiger partial charge on any atom is 0.356 e. The zero-order chi connectivity index (χ0) is 11.0. The topological polar surface area (TPSA) is 84.2 Å². The molecule has 0 bridgehead atoms. The Morgan fingerprint density at radius 2 is 2.53 bits per heavy atom. The molecule has 15 heavy (non-hydrogen) atoms. The Morgan fingerprint density at radius 3 is 3.13 bits per heavy atom. The fourth-order valence-electron chi connectivity index (χ4n) is 1.59. The van der Waals surface area contributed by atoms with Gasteiger partial charge in [0.2, 0.25) is 0 Å². The summed E-state index contributed by atoms with van der Waals surface area (Å²) >= 11 is 0. The minimum atomic E-state index is -1.11. The molecule has 0 saturated carbocycles. The lowest BCUT2D eigenvalue weighted by atomic mass is 10.1. The van der Waals surface area contributed by atoms with Gasteiger partial charge in [-0.25, -0.2) is 4.79 Å². The number of carbonyl (C=O) groups is 2. The Bertz CT molecular complexity index is 424. The number of carboxylic acid groups (broad SMARTS) is 1. The standard InChI is InChI=1S/C9H11N3O3/c1-2-5-4-12-7(8(13)10-5)3-6(11-12)9(14)15/h3,5H,2,4H2,1H3,(H,10,13)(H,14,15). The summed E-state index contributed by atoms with van der Waals surface area (Å²) in [4.78, 5) is 22.2. The Morgan fingerprint density at radius 1 is 1.80 bits per heavy atom. The van der Waals surface area contributed by atoms with Gasteiger partial charge in [-0.15, -0.1) is 0 Å². The van der Waals surface area contributed by atoms with E-state index in [0.717, 1.165) is 6.42 Å². The lowest BCUT2D eigenvalue weighted by molar-refractivity contribution is 0.0688. The number of nitrogens with zero attached hydrogens (tertiary/aromatic N) is 2. The van der Waals surface area contributed by atoms with E-state index in [9.17, 15) is 9.59 Å². The third-order valence-corrected chi connectivity index (χ3v) is 2.45. The summed E-state index contributed by atoms with van der Waals surface area (Å²) in [7, 11) is 0. The lowest BCUT2D eigenvalue weighted by Crippen LogP contribution is -2.43. The zero-order valence-electron chi connectivity index (χ0n) is 8.23. The van der Waals surface area contributed by atoms with Crippen LogP contribution >= 0.6 is 0 Å². The average Bonchev–Trinajstić information content (AvgIpc) is 2.61. The summed E-state index contributed by atoms with van der Waals surface area (Å²) in [5, 5.41) is 15.4. The molecule has 1 aliphatic rings. The maximum atomic E-state index is 11.5. The fraction of sp³-hybridized carbons (Fsp3) is 0.444. The van der Waals surface area contributed by atoms with E-state index in [0.29, 0.717) is 12.2 Å². The molecule has 6 nitrogen and oxygen atoms in total. The van der Waals surface area contributed by atoms with Crippen molar-refractivity contribution in [2.45, 2.75) is 25.9 Å². The minimum absolute atomic E-state index is 0.0338. The first kappa shape index (κ1) is 9.70. The van der Waals surface area contributed by atoms with Crippen molar-refractivity contribution in [1.29, 1.82) is 0 Å². The second-order valence-electron chi connectivity index (χ2n) is 3.48. The first-order valence-corrected chi connectivity index (χ1v) is 4.73. The van der Waals surface area contributed by atoms with Gasteiger partial charge in [0.05, 0.1) is 6.54 Å². The van der Waals surface area contributed by atoms with E-state index >= 15 is 0 Å². The van der Waals surface area contributed by atoms with Crippen LogP contribution in [0.15, 0.2) is 6.07 Å². The summed E-state index contributed by atoms with van der Waals surface area (Å²) in [6.45, 7) is 2.49. The molecule has 1 aromatic rings. The van der Waals surface area contributed by atoms with Gasteiger partial charge < -0.3 is 10.4 Å². The highest BCUT2D eigenvalue weighted by Gasteiger charge is 2.26. The van der Waals surface area contributed by atoms with Crippen molar-refractivity contribution in [1.82, 2.24) is 15.1 Å². The van der Waals surface area contributed by atoms with E-state index < -0.39 is 5.97 Å². The molecule has 0 fully saturated rings. The number of amides is 1. The number of carboxylic acids is 1. The van der Waals surface area contributed by atoms with Gasteiger partial charge >= 0.3 is 5.97 Å². The van der Waals surface area contributed by atoms with E-state index in [4.69, 9.17) is 5.11 Å². The van der Waals surface area contributed by atoms with Gasteiger partial charge in [-0.3, -0.25) is 9.48 Å². The number of hydrogen-bond donors (Lipinski definition) is 2. The van der Waals surface area contributed by atoms with Crippen molar-refractivity contribution in [3.63, 3.8) is 0 Å². The molecule has 0 aliphatic carbocycles. The molecule has 0 saturated heterocycles. The predicted molar refractivity (Wildman–Crippen MR) is 50.7 cm³/mol. The highest BCUT2D eigenvalue weighted by molar-refractivity contribution is 5.96. The van der Waals surface area contributed by atoms with E-state index in [1.54, 1.807) is 0 Å². The molecule has 2 heterocycles. The third kappa shape index (κ3) is 1.58. The van der Waals surface area contributed by atoms with Gasteiger partial charge in [0.1, 0.15) is 5.69 Å². The van der Waals surface area contributed by atoms with E-state index in [-0.39, 0.29) is 17.6 Å². The molecular weight excluding hydrogens is 198 g/mol. The average molecular weight is 209 g/mol. The first-order chi connectivity index (χ1) is 7.11. The van der Waals surface area contributed by atoms with Gasteiger partial charge in [-0.1, -0.05) is 6.92 Å². The van der Waals surface area contributed by atoms with Crippen molar-refractivity contribution >= 4 is 11.9 Å². The van der Waals surface area contributed by atoms with Crippen molar-refractivity contribution in [2.24, 2.45) is 0 Å². The molecule has 1 aromatic heterocycles. The van der Waals surface area contributed by atoms with Crippen LogP contribution in [0.4, 0.5) is 0 Å². The van der Waals surface area contributed by atoms with Crippen LogP contribution in [0.5, 0.6) is 0 Å². The smallest absolute Gasteiger partial charge is 0.356 e. The van der Waals surface area contributed by atoms with Crippen LogP contribution in [-0.4, -0.2) is 32.8 Å². The highest BCUT2D eigenvalue weighted by Crippen LogP contribution is 2.12. The second kappa shape index (κ2) is 3.38. The van der Waals surface area contributed by atoms with Crippen LogP contribution < -0.4 is 5.32 Å². The van der Waals surface area contributed by atoms with Crippen LogP contribution in [0, 0.1) is 0 Å². The Balaban J connectivity index is 2.38. The summed E-state index contributed by atoms with van der Waals surface area (Å²) in [5.74, 6) is -1.37. The Labute approximate surface area is 85.9 Å². The summed E-state index contributed by atoms with van der Waals surface area (Å²) in [5.41, 5.74) is 0.231. The quantitative estimate of drug-likeness (QED) is 0.723. The number of nitrogens with one attached hydrogen (secondary N) is 1. The van der Waals surface area contributed by atoms with Gasteiger partial charge in [0.25, 0.3) is 5.91 Å². The van der Waals surface area contributed by atoms with Crippen molar-refractivity contribution in [2.75, 3.05) is 0 Å². The number of carbonyl (C=O) groups excluding carboxylic acids is 1. The fourth-order valence-corrected chi connectivity index (χ4v) is 1.59. The predicted octanol–water partition coefficient (Wildman–Crippen LogP) is 0.103. The minimum Gasteiger partial charge on any atom is -0.476 e. The highest BCUT2D eigenvalue weighted by atomic mass is 16.4. The molecule has 1 unspecified atom stereocenters. The number of aromatic carboxylic acids is 1. The van der Waals surface area contributed by atoms with Crippen molar-refractivity contribution in [3.8, 4) is 0 Å². The summed E-state index contributed by atoms with van der Waals surface area (Å²) in [6, 6.07) is 1.33. The molecule has 0 radical (unpaired) electrons. The first-order valence-electron chi connectivity index (χ1n) is 4.73. The largest absolute Gasteiger partial charge is 0.476 e. The molecule has 1 amide bonds. The molecule has 0 spiro atoms. The van der Waals surface area contributed by atoms with Crippen LogP contribution in [-0.2, 0) is 6.54 Å². The monoisotopic (exact) mass is 209 g/mol. The molecule has 2 rings (SSSR count).